The molecule has 1 nitrogen and oxygen atoms in total. The Balaban J connectivity index is 2.23. The van der Waals surface area contributed by atoms with Crippen molar-refractivity contribution in [2.75, 3.05) is 0 Å². The van der Waals surface area contributed by atoms with Gasteiger partial charge in [-0.05, 0) is 49.8 Å². The summed E-state index contributed by atoms with van der Waals surface area (Å²) in [5.41, 5.74) is 5.03. The van der Waals surface area contributed by atoms with Crippen molar-refractivity contribution in [1.82, 2.24) is 0 Å². The van der Waals surface area contributed by atoms with Crippen LogP contribution in [0.15, 0.2) is 12.1 Å². The quantitative estimate of drug-likeness (QED) is 0.827. The van der Waals surface area contributed by atoms with Gasteiger partial charge in [0.2, 0.25) is 0 Å². The summed E-state index contributed by atoms with van der Waals surface area (Å²) in [5, 5.41) is 0. The van der Waals surface area contributed by atoms with Crippen molar-refractivity contribution in [1.29, 1.82) is 0 Å². The van der Waals surface area contributed by atoms with Gasteiger partial charge in [-0.2, -0.15) is 13.2 Å². The molecule has 0 radical (unpaired) electrons. The normalized spacial score (nSPS) is 17.9. The van der Waals surface area contributed by atoms with Crippen molar-refractivity contribution in [3.05, 3.63) is 34.6 Å². The maximum absolute atomic E-state index is 13.4. The lowest BCUT2D eigenvalue weighted by atomic mass is 9.99. The van der Waals surface area contributed by atoms with E-state index in [0.717, 1.165) is 18.9 Å². The number of aryl methyl sites for hydroxylation is 2. The Labute approximate surface area is 103 Å². The van der Waals surface area contributed by atoms with E-state index in [1.54, 1.807) is 0 Å². The van der Waals surface area contributed by atoms with Gasteiger partial charge in [-0.15, -0.1) is 0 Å². The van der Waals surface area contributed by atoms with E-state index < -0.39 is 17.6 Å². The Bertz CT molecular complexity index is 461. The molecule has 0 spiro atoms. The molecule has 2 rings (SSSR count). The number of hydrogen-bond acceptors (Lipinski definition) is 1. The van der Waals surface area contributed by atoms with Gasteiger partial charge in [-0.1, -0.05) is 6.07 Å². The first kappa shape index (κ1) is 13.3. The molecule has 100 valence electrons. The van der Waals surface area contributed by atoms with E-state index in [1.165, 1.54) is 13.0 Å². The maximum atomic E-state index is 13.4. The Hall–Kier alpha value is -1.10. The zero-order valence-corrected chi connectivity index (χ0v) is 10.1. The zero-order chi connectivity index (χ0) is 13.6. The largest absolute Gasteiger partial charge is 0.419 e. The second-order valence-electron chi connectivity index (χ2n) is 5.13. The molecule has 0 bridgehead atoms. The van der Waals surface area contributed by atoms with Gasteiger partial charge >= 0.3 is 6.18 Å². The molecule has 1 aliphatic carbocycles. The first-order valence-electron chi connectivity index (χ1n) is 5.86. The average molecular weight is 261 g/mol. The molecule has 0 heterocycles. The smallest absolute Gasteiger partial charge is 0.325 e. The summed E-state index contributed by atoms with van der Waals surface area (Å²) in [6.45, 7) is 1.35. The van der Waals surface area contributed by atoms with Gasteiger partial charge in [-0.25, -0.2) is 4.39 Å². The fourth-order valence-electron chi connectivity index (χ4n) is 2.00. The van der Waals surface area contributed by atoms with Gasteiger partial charge in [0.05, 0.1) is 5.56 Å². The van der Waals surface area contributed by atoms with Gasteiger partial charge in [-0.3, -0.25) is 0 Å². The lowest BCUT2D eigenvalue weighted by Crippen LogP contribution is -2.22. The standard InChI is InChI=1S/C13H15F4N/c1-8-6-9(2-3-12(18)4-5-12)7-10(11(8)14)13(15,16)17/h6-7H,2-5,18H2,1H3. The SMILES string of the molecule is Cc1cc(CCC2(N)CC2)cc(C(F)(F)F)c1F. The van der Waals surface area contributed by atoms with Gasteiger partial charge < -0.3 is 5.73 Å². The third-order valence-electron chi connectivity index (χ3n) is 3.42. The molecule has 1 saturated carbocycles. The molecule has 1 aromatic rings. The third-order valence-corrected chi connectivity index (χ3v) is 3.42. The lowest BCUT2D eigenvalue weighted by molar-refractivity contribution is -0.140. The lowest BCUT2D eigenvalue weighted by Gasteiger charge is -2.14. The summed E-state index contributed by atoms with van der Waals surface area (Å²) in [7, 11) is 0. The summed E-state index contributed by atoms with van der Waals surface area (Å²) in [4.78, 5) is 0. The van der Waals surface area contributed by atoms with Crippen LogP contribution in [-0.4, -0.2) is 5.54 Å². The Morgan fingerprint density at radius 2 is 1.89 bits per heavy atom. The predicted octanol–water partition coefficient (Wildman–Crippen LogP) is 3.58. The molecular weight excluding hydrogens is 246 g/mol. The van der Waals surface area contributed by atoms with Gasteiger partial charge in [0.1, 0.15) is 5.82 Å². The molecule has 2 N–H and O–H groups in total. The van der Waals surface area contributed by atoms with Crippen molar-refractivity contribution < 1.29 is 17.6 Å². The molecular formula is C13H15F4N. The van der Waals surface area contributed by atoms with Crippen LogP contribution < -0.4 is 5.73 Å². The minimum Gasteiger partial charge on any atom is -0.325 e. The van der Waals surface area contributed by atoms with Gasteiger partial charge in [0, 0.05) is 5.54 Å². The van der Waals surface area contributed by atoms with Crippen LogP contribution in [-0.2, 0) is 12.6 Å². The number of alkyl halides is 3. The molecule has 0 aliphatic heterocycles. The van der Waals surface area contributed by atoms with Crippen LogP contribution in [0.2, 0.25) is 0 Å². The molecule has 5 heteroatoms. The highest BCUT2D eigenvalue weighted by Crippen LogP contribution is 2.38. The van der Waals surface area contributed by atoms with E-state index in [-0.39, 0.29) is 11.1 Å². The van der Waals surface area contributed by atoms with Gasteiger partial charge in [0.25, 0.3) is 0 Å². The molecule has 1 aliphatic rings. The number of hydrogen-bond donors (Lipinski definition) is 1. The zero-order valence-electron chi connectivity index (χ0n) is 10.1. The number of halogens is 4. The predicted molar refractivity (Wildman–Crippen MR) is 60.6 cm³/mol. The van der Waals surface area contributed by atoms with Crippen LogP contribution in [0.1, 0.15) is 36.0 Å². The first-order valence-corrected chi connectivity index (χ1v) is 5.86. The average Bonchev–Trinajstić information content (AvgIpc) is 2.97. The van der Waals surface area contributed by atoms with Crippen molar-refractivity contribution >= 4 is 0 Å². The van der Waals surface area contributed by atoms with E-state index in [1.807, 2.05) is 0 Å². The van der Waals surface area contributed by atoms with E-state index in [2.05, 4.69) is 0 Å². The fraction of sp³-hybridized carbons (Fsp3) is 0.538. The molecule has 18 heavy (non-hydrogen) atoms. The second-order valence-corrected chi connectivity index (χ2v) is 5.13. The molecule has 1 aromatic carbocycles. The van der Waals surface area contributed by atoms with Crippen LogP contribution >= 0.6 is 0 Å². The van der Waals surface area contributed by atoms with Crippen LogP contribution in [0.5, 0.6) is 0 Å². The van der Waals surface area contributed by atoms with E-state index in [4.69, 9.17) is 5.73 Å². The van der Waals surface area contributed by atoms with Crippen LogP contribution in [0.3, 0.4) is 0 Å². The summed E-state index contributed by atoms with van der Waals surface area (Å²) in [6.07, 6.45) is -1.71. The van der Waals surface area contributed by atoms with Crippen molar-refractivity contribution in [3.63, 3.8) is 0 Å². The Morgan fingerprint density at radius 3 is 2.39 bits per heavy atom. The summed E-state index contributed by atoms with van der Waals surface area (Å²) in [5.74, 6) is -1.18. The van der Waals surface area contributed by atoms with E-state index >= 15 is 0 Å². The molecule has 0 saturated heterocycles. The maximum Gasteiger partial charge on any atom is 0.419 e. The van der Waals surface area contributed by atoms with Crippen molar-refractivity contribution in [2.24, 2.45) is 5.73 Å². The van der Waals surface area contributed by atoms with Crippen LogP contribution in [0.25, 0.3) is 0 Å². The topological polar surface area (TPSA) is 26.0 Å². The highest BCUT2D eigenvalue weighted by molar-refractivity contribution is 5.33. The van der Waals surface area contributed by atoms with Crippen molar-refractivity contribution in [3.8, 4) is 0 Å². The number of benzene rings is 1. The van der Waals surface area contributed by atoms with Crippen LogP contribution in [0.4, 0.5) is 17.6 Å². The number of nitrogens with two attached hydrogens (primary N) is 1. The molecule has 1 fully saturated rings. The summed E-state index contributed by atoms with van der Waals surface area (Å²) >= 11 is 0. The molecule has 0 atom stereocenters. The highest BCUT2D eigenvalue weighted by atomic mass is 19.4. The minimum absolute atomic E-state index is 0.0293. The van der Waals surface area contributed by atoms with E-state index in [0.29, 0.717) is 18.4 Å². The number of rotatable bonds is 3. The van der Waals surface area contributed by atoms with Gasteiger partial charge in [0.15, 0.2) is 0 Å². The fourth-order valence-corrected chi connectivity index (χ4v) is 2.00. The minimum atomic E-state index is -4.65. The van der Waals surface area contributed by atoms with Crippen LogP contribution in [0, 0.1) is 12.7 Å². The monoisotopic (exact) mass is 261 g/mol. The molecule has 0 amide bonds. The summed E-state index contributed by atoms with van der Waals surface area (Å²) in [6, 6.07) is 2.37. The van der Waals surface area contributed by atoms with E-state index in [9.17, 15) is 17.6 Å². The summed E-state index contributed by atoms with van der Waals surface area (Å²) < 4.78 is 51.3. The Morgan fingerprint density at radius 1 is 1.28 bits per heavy atom. The molecule has 0 unspecified atom stereocenters. The second kappa shape index (κ2) is 4.23. The Kier molecular flexibility index (Phi) is 3.13. The van der Waals surface area contributed by atoms with Crippen molar-refractivity contribution in [2.45, 2.75) is 44.3 Å². The molecule has 0 aromatic heterocycles. The third kappa shape index (κ3) is 2.83. The first-order chi connectivity index (χ1) is 8.21. The highest BCUT2D eigenvalue weighted by Gasteiger charge is 2.38.